The SMILES string of the molecule is COc1ccc2c(c1)=NC1=C(C)CCCC=21.COc1ccc2c3c([nH]c2c1)C(C)=NCC3. The van der Waals surface area contributed by atoms with E-state index in [1.807, 2.05) is 24.3 Å². The first-order chi connectivity index (χ1) is 15.6. The zero-order valence-electron chi connectivity index (χ0n) is 19.2. The fourth-order valence-corrected chi connectivity index (χ4v) is 4.90. The van der Waals surface area contributed by atoms with Crippen molar-refractivity contribution in [3.05, 3.63) is 69.5 Å². The third-order valence-corrected chi connectivity index (χ3v) is 6.62. The van der Waals surface area contributed by atoms with E-state index in [4.69, 9.17) is 14.5 Å². The van der Waals surface area contributed by atoms with E-state index >= 15 is 0 Å². The Labute approximate surface area is 188 Å². The maximum atomic E-state index is 5.23. The number of fused-ring (bicyclic) bond motifs is 5. The fourth-order valence-electron chi connectivity index (χ4n) is 4.90. The van der Waals surface area contributed by atoms with Crippen molar-refractivity contribution in [2.45, 2.75) is 39.5 Å². The van der Waals surface area contributed by atoms with E-state index in [0.717, 1.165) is 47.5 Å². The van der Waals surface area contributed by atoms with Crippen LogP contribution < -0.4 is 20.0 Å². The van der Waals surface area contributed by atoms with Crippen LogP contribution in [0.1, 0.15) is 44.4 Å². The molecule has 2 aromatic carbocycles. The van der Waals surface area contributed by atoms with Crippen LogP contribution in [0.2, 0.25) is 0 Å². The molecule has 0 radical (unpaired) electrons. The molecule has 32 heavy (non-hydrogen) atoms. The minimum absolute atomic E-state index is 0.889. The first-order valence-corrected chi connectivity index (χ1v) is 11.2. The summed E-state index contributed by atoms with van der Waals surface area (Å²) < 4.78 is 10.5. The fraction of sp³-hybridized carbons (Fsp3) is 0.333. The minimum Gasteiger partial charge on any atom is -0.497 e. The van der Waals surface area contributed by atoms with Gasteiger partial charge in [-0.05, 0) is 80.5 Å². The molecule has 3 aromatic rings. The molecule has 5 nitrogen and oxygen atoms in total. The van der Waals surface area contributed by atoms with E-state index in [1.165, 1.54) is 51.5 Å². The second-order valence-electron chi connectivity index (χ2n) is 8.56. The number of nitrogens with one attached hydrogen (secondary N) is 1. The summed E-state index contributed by atoms with van der Waals surface area (Å²) in [6.07, 6.45) is 4.63. The zero-order valence-corrected chi connectivity index (χ0v) is 19.2. The van der Waals surface area contributed by atoms with Gasteiger partial charge in [-0.15, -0.1) is 0 Å². The van der Waals surface area contributed by atoms with Gasteiger partial charge in [-0.25, -0.2) is 4.99 Å². The van der Waals surface area contributed by atoms with Crippen molar-refractivity contribution in [3.63, 3.8) is 0 Å². The van der Waals surface area contributed by atoms with Gasteiger partial charge in [0.2, 0.25) is 0 Å². The second-order valence-corrected chi connectivity index (χ2v) is 8.56. The smallest absolute Gasteiger partial charge is 0.121 e. The number of allylic oxidation sites excluding steroid dienone is 2. The molecule has 0 saturated carbocycles. The monoisotopic (exact) mass is 427 g/mol. The summed E-state index contributed by atoms with van der Waals surface area (Å²) in [6, 6.07) is 12.4. The predicted octanol–water partition coefficient (Wildman–Crippen LogP) is 4.48. The molecule has 0 saturated heterocycles. The minimum atomic E-state index is 0.889. The topological polar surface area (TPSA) is 59.0 Å². The summed E-state index contributed by atoms with van der Waals surface area (Å²) in [7, 11) is 3.39. The lowest BCUT2D eigenvalue weighted by atomic mass is 9.93. The van der Waals surface area contributed by atoms with Crippen LogP contribution in [0.15, 0.2) is 57.7 Å². The maximum absolute atomic E-state index is 5.23. The number of rotatable bonds is 2. The Bertz CT molecular complexity index is 1390. The molecule has 5 heteroatoms. The second kappa shape index (κ2) is 8.30. The highest BCUT2D eigenvalue weighted by Gasteiger charge is 2.19. The Morgan fingerprint density at radius 1 is 0.906 bits per heavy atom. The van der Waals surface area contributed by atoms with Crippen molar-refractivity contribution >= 4 is 22.2 Å². The van der Waals surface area contributed by atoms with Gasteiger partial charge in [-0.3, -0.25) is 4.99 Å². The van der Waals surface area contributed by atoms with E-state index in [0.29, 0.717) is 0 Å². The molecule has 164 valence electrons. The zero-order chi connectivity index (χ0) is 22.2. The maximum Gasteiger partial charge on any atom is 0.121 e. The van der Waals surface area contributed by atoms with E-state index < -0.39 is 0 Å². The van der Waals surface area contributed by atoms with Crippen LogP contribution in [0.4, 0.5) is 0 Å². The Kier molecular flexibility index (Phi) is 5.33. The molecule has 3 heterocycles. The van der Waals surface area contributed by atoms with Crippen LogP contribution in [-0.4, -0.2) is 31.5 Å². The number of hydrogen-bond acceptors (Lipinski definition) is 4. The van der Waals surface area contributed by atoms with Gasteiger partial charge < -0.3 is 14.5 Å². The Morgan fingerprint density at radius 2 is 1.69 bits per heavy atom. The molecule has 0 bridgehead atoms. The lowest BCUT2D eigenvalue weighted by molar-refractivity contribution is 0.414. The molecule has 1 aliphatic carbocycles. The summed E-state index contributed by atoms with van der Waals surface area (Å²) in [5, 5.41) is 3.67. The van der Waals surface area contributed by atoms with Gasteiger partial charge in [-0.2, -0.15) is 0 Å². The third-order valence-electron chi connectivity index (χ3n) is 6.62. The summed E-state index contributed by atoms with van der Waals surface area (Å²) in [6.45, 7) is 5.16. The number of aliphatic imine (C=N–C) groups is 1. The quantitative estimate of drug-likeness (QED) is 0.656. The van der Waals surface area contributed by atoms with Crippen molar-refractivity contribution in [3.8, 4) is 11.5 Å². The number of aromatic nitrogens is 1. The van der Waals surface area contributed by atoms with Crippen molar-refractivity contribution in [2.75, 3.05) is 20.8 Å². The van der Waals surface area contributed by atoms with Gasteiger partial charge in [0.25, 0.3) is 0 Å². The van der Waals surface area contributed by atoms with Gasteiger partial charge >= 0.3 is 0 Å². The van der Waals surface area contributed by atoms with Crippen LogP contribution in [-0.2, 0) is 6.42 Å². The Morgan fingerprint density at radius 3 is 2.50 bits per heavy atom. The molecule has 6 rings (SSSR count). The number of aromatic amines is 1. The highest BCUT2D eigenvalue weighted by atomic mass is 16.5. The summed E-state index contributed by atoms with van der Waals surface area (Å²) in [5.41, 5.74) is 8.92. The summed E-state index contributed by atoms with van der Waals surface area (Å²) >= 11 is 0. The van der Waals surface area contributed by atoms with Crippen LogP contribution >= 0.6 is 0 Å². The molecule has 1 N–H and O–H groups in total. The first-order valence-electron chi connectivity index (χ1n) is 11.2. The molecule has 0 atom stereocenters. The van der Waals surface area contributed by atoms with Crippen LogP contribution in [0.5, 0.6) is 11.5 Å². The largest absolute Gasteiger partial charge is 0.497 e. The predicted molar refractivity (Wildman–Crippen MR) is 129 cm³/mol. The standard InChI is InChI=1S/C14H15NO.C13H14N2O/c1-9-4-3-5-12-11-7-6-10(16-2)8-13(11)15-14(9)12;1-8-13-11(5-6-14-8)10-4-3-9(16-2)7-12(10)15-13/h6-8H,3-5H2,1-2H3;3-4,7,15H,5-6H2,1-2H3. The van der Waals surface area contributed by atoms with Gasteiger partial charge in [0.05, 0.1) is 36.7 Å². The molecule has 0 spiro atoms. The Balaban J connectivity index is 0.000000135. The molecular weight excluding hydrogens is 398 g/mol. The van der Waals surface area contributed by atoms with Crippen molar-refractivity contribution in [1.82, 2.24) is 4.98 Å². The molecule has 1 aromatic heterocycles. The van der Waals surface area contributed by atoms with Crippen LogP contribution in [0.3, 0.4) is 0 Å². The highest BCUT2D eigenvalue weighted by molar-refractivity contribution is 6.05. The number of hydrogen-bond donors (Lipinski definition) is 1. The van der Waals surface area contributed by atoms with Crippen LogP contribution in [0, 0.1) is 0 Å². The van der Waals surface area contributed by atoms with Crippen molar-refractivity contribution < 1.29 is 9.47 Å². The molecule has 2 aliphatic heterocycles. The average molecular weight is 428 g/mol. The normalized spacial score (nSPS) is 16.4. The number of H-pyrrole nitrogens is 1. The highest BCUT2D eigenvalue weighted by Crippen LogP contribution is 2.31. The first kappa shape index (κ1) is 20.6. The number of ether oxygens (including phenoxy) is 2. The molecule has 3 aliphatic rings. The van der Waals surface area contributed by atoms with E-state index in [9.17, 15) is 0 Å². The van der Waals surface area contributed by atoms with Crippen LogP contribution in [0.25, 0.3) is 16.5 Å². The van der Waals surface area contributed by atoms with Gasteiger partial charge in [-0.1, -0.05) is 0 Å². The molecular formula is C27H29N3O2. The number of nitrogens with zero attached hydrogens (tertiary/aromatic N) is 2. The Hall–Kier alpha value is -3.34. The van der Waals surface area contributed by atoms with E-state index in [-0.39, 0.29) is 0 Å². The average Bonchev–Trinajstić information content (AvgIpc) is 3.38. The third kappa shape index (κ3) is 3.52. The molecule has 0 amide bonds. The van der Waals surface area contributed by atoms with Gasteiger partial charge in [0.1, 0.15) is 11.5 Å². The van der Waals surface area contributed by atoms with E-state index in [1.54, 1.807) is 14.2 Å². The summed E-state index contributed by atoms with van der Waals surface area (Å²) in [5.74, 6) is 1.78. The van der Waals surface area contributed by atoms with Gasteiger partial charge in [0, 0.05) is 34.8 Å². The number of benzene rings is 2. The van der Waals surface area contributed by atoms with E-state index in [2.05, 4.69) is 36.0 Å². The lowest BCUT2D eigenvalue weighted by Crippen LogP contribution is -2.22. The van der Waals surface area contributed by atoms with Gasteiger partial charge in [0.15, 0.2) is 0 Å². The number of methoxy groups -OCH3 is 2. The molecule has 0 fully saturated rings. The summed E-state index contributed by atoms with van der Waals surface area (Å²) in [4.78, 5) is 12.6. The van der Waals surface area contributed by atoms with Crippen molar-refractivity contribution in [2.24, 2.45) is 9.98 Å². The lowest BCUT2D eigenvalue weighted by Gasteiger charge is -2.14. The molecule has 0 unspecified atom stereocenters. The van der Waals surface area contributed by atoms with Crippen molar-refractivity contribution in [1.29, 1.82) is 0 Å².